The molecular formula is C27H31N3O3. The summed E-state index contributed by atoms with van der Waals surface area (Å²) in [5, 5.41) is 9.78. The summed E-state index contributed by atoms with van der Waals surface area (Å²) in [6, 6.07) is 15.8. The molecule has 33 heavy (non-hydrogen) atoms. The van der Waals surface area contributed by atoms with E-state index >= 15 is 0 Å². The van der Waals surface area contributed by atoms with Crippen molar-refractivity contribution in [3.8, 4) is 17.3 Å². The maximum Gasteiger partial charge on any atom is 0.174 e. The van der Waals surface area contributed by atoms with Crippen LogP contribution < -0.4 is 0 Å². The molecule has 5 rings (SSSR count). The third kappa shape index (κ3) is 5.13. The number of hydrogen-bond donors (Lipinski definition) is 2. The number of H-pyrrole nitrogens is 1. The predicted molar refractivity (Wildman–Crippen MR) is 129 cm³/mol. The molecule has 0 spiro atoms. The molecule has 2 aromatic heterocycles. The van der Waals surface area contributed by atoms with E-state index in [1.807, 2.05) is 25.1 Å². The number of aromatic nitrogens is 2. The molecule has 1 fully saturated rings. The summed E-state index contributed by atoms with van der Waals surface area (Å²) in [4.78, 5) is 10.6. The van der Waals surface area contributed by atoms with Crippen molar-refractivity contribution in [2.45, 2.75) is 32.7 Å². The molecule has 2 N–H and O–H groups in total. The van der Waals surface area contributed by atoms with Gasteiger partial charge in [0.2, 0.25) is 0 Å². The lowest BCUT2D eigenvalue weighted by atomic mass is 10.00. The lowest BCUT2D eigenvalue weighted by Crippen LogP contribution is -2.29. The van der Waals surface area contributed by atoms with Crippen molar-refractivity contribution in [1.82, 2.24) is 14.9 Å². The van der Waals surface area contributed by atoms with E-state index in [0.29, 0.717) is 6.42 Å². The van der Waals surface area contributed by atoms with Gasteiger partial charge in [-0.2, -0.15) is 0 Å². The van der Waals surface area contributed by atoms with Crippen LogP contribution in [0.25, 0.3) is 22.6 Å². The summed E-state index contributed by atoms with van der Waals surface area (Å²) in [6.45, 7) is 5.84. The number of rotatable bonds is 7. The highest BCUT2D eigenvalue weighted by atomic mass is 16.5. The van der Waals surface area contributed by atoms with Crippen molar-refractivity contribution in [3.63, 3.8) is 0 Å². The number of aromatic amines is 1. The number of furan rings is 1. The Labute approximate surface area is 194 Å². The zero-order chi connectivity index (χ0) is 22.8. The highest BCUT2D eigenvalue weighted by Gasteiger charge is 2.16. The molecule has 0 atom stereocenters. The highest BCUT2D eigenvalue weighted by Crippen LogP contribution is 2.26. The summed E-state index contributed by atoms with van der Waals surface area (Å²) in [5.74, 6) is 3.29. The van der Waals surface area contributed by atoms with E-state index < -0.39 is 0 Å². The quantitative estimate of drug-likeness (QED) is 0.405. The minimum atomic E-state index is 0.272. The van der Waals surface area contributed by atoms with E-state index in [0.717, 1.165) is 84.6 Å². The van der Waals surface area contributed by atoms with Crippen molar-refractivity contribution in [1.29, 1.82) is 0 Å². The van der Waals surface area contributed by atoms with Crippen LogP contribution in [0.1, 0.15) is 35.3 Å². The molecule has 0 saturated carbocycles. The van der Waals surface area contributed by atoms with Gasteiger partial charge in [0.15, 0.2) is 11.6 Å². The van der Waals surface area contributed by atoms with Gasteiger partial charge < -0.3 is 24.1 Å². The number of imidazole rings is 1. The number of benzene rings is 2. The Hall–Kier alpha value is -3.09. The van der Waals surface area contributed by atoms with E-state index in [9.17, 15) is 5.11 Å². The minimum absolute atomic E-state index is 0.272. The first-order valence-electron chi connectivity index (χ1n) is 11.7. The smallest absolute Gasteiger partial charge is 0.174 e. The summed E-state index contributed by atoms with van der Waals surface area (Å²) in [6.07, 6.45) is 2.94. The molecule has 1 aliphatic heterocycles. The summed E-state index contributed by atoms with van der Waals surface area (Å²) in [5.41, 5.74) is 5.40. The maximum absolute atomic E-state index is 9.78. The van der Waals surface area contributed by atoms with E-state index in [-0.39, 0.29) is 5.75 Å². The summed E-state index contributed by atoms with van der Waals surface area (Å²) >= 11 is 0. The molecule has 0 radical (unpaired) electrons. The fraction of sp³-hybridized carbons (Fsp3) is 0.370. The van der Waals surface area contributed by atoms with Gasteiger partial charge in [0.1, 0.15) is 11.5 Å². The SMILES string of the molecule is Cc1ccc(O)cc1Cc1ccc(-c2nc3ccc(CN(C)CC4CCOCC4)cc3[nH]2)o1. The molecule has 3 heterocycles. The zero-order valence-electron chi connectivity index (χ0n) is 19.3. The molecule has 2 aromatic carbocycles. The molecule has 6 nitrogen and oxygen atoms in total. The second-order valence-electron chi connectivity index (χ2n) is 9.24. The largest absolute Gasteiger partial charge is 0.508 e. The number of nitrogens with zero attached hydrogens (tertiary/aromatic N) is 2. The fourth-order valence-corrected chi connectivity index (χ4v) is 4.65. The van der Waals surface area contributed by atoms with Crippen LogP contribution in [-0.4, -0.2) is 46.8 Å². The average Bonchev–Trinajstić information content (AvgIpc) is 3.43. The first kappa shape index (κ1) is 21.7. The van der Waals surface area contributed by atoms with E-state index in [2.05, 4.69) is 35.1 Å². The molecule has 6 heteroatoms. The van der Waals surface area contributed by atoms with Crippen LogP contribution in [0.4, 0.5) is 0 Å². The molecule has 172 valence electrons. The number of nitrogens with one attached hydrogen (secondary N) is 1. The van der Waals surface area contributed by atoms with Crippen molar-refractivity contribution >= 4 is 11.0 Å². The highest BCUT2D eigenvalue weighted by molar-refractivity contribution is 5.79. The monoisotopic (exact) mass is 445 g/mol. The lowest BCUT2D eigenvalue weighted by molar-refractivity contribution is 0.0549. The molecule has 1 aliphatic rings. The average molecular weight is 446 g/mol. The summed E-state index contributed by atoms with van der Waals surface area (Å²) in [7, 11) is 2.19. The third-order valence-corrected chi connectivity index (χ3v) is 6.50. The van der Waals surface area contributed by atoms with Gasteiger partial charge in [-0.3, -0.25) is 0 Å². The molecule has 0 bridgehead atoms. The second kappa shape index (κ2) is 9.41. The molecule has 0 aliphatic carbocycles. The number of hydrogen-bond acceptors (Lipinski definition) is 5. The van der Waals surface area contributed by atoms with E-state index in [1.54, 1.807) is 12.1 Å². The Balaban J connectivity index is 1.28. The minimum Gasteiger partial charge on any atom is -0.508 e. The van der Waals surface area contributed by atoms with E-state index in [4.69, 9.17) is 14.1 Å². The van der Waals surface area contributed by atoms with Crippen LogP contribution in [0.15, 0.2) is 52.9 Å². The topological polar surface area (TPSA) is 74.5 Å². The van der Waals surface area contributed by atoms with Gasteiger partial charge >= 0.3 is 0 Å². The standard InChI is InChI=1S/C27H31N3O3/c1-18-3-5-22(31)14-21(18)15-23-6-8-26(33-23)27-28-24-7-4-20(13-25(24)29-27)17-30(2)16-19-9-11-32-12-10-19/h3-8,13-14,19,31H,9-12,15-17H2,1-2H3,(H,28,29). The molecule has 0 unspecified atom stereocenters. The van der Waals surface area contributed by atoms with Crippen molar-refractivity contribution < 1.29 is 14.3 Å². The number of aromatic hydroxyl groups is 1. The van der Waals surface area contributed by atoms with Gasteiger partial charge in [-0.25, -0.2) is 4.98 Å². The van der Waals surface area contributed by atoms with Gasteiger partial charge in [-0.05, 0) is 85.8 Å². The molecular weight excluding hydrogens is 414 g/mol. The van der Waals surface area contributed by atoms with Crippen molar-refractivity contribution in [3.05, 3.63) is 71.0 Å². The number of phenolic OH excluding ortho intramolecular Hbond substituents is 1. The molecule has 4 aromatic rings. The number of fused-ring (bicyclic) bond motifs is 1. The Morgan fingerprint density at radius 3 is 2.79 bits per heavy atom. The van der Waals surface area contributed by atoms with Crippen LogP contribution in [0.3, 0.4) is 0 Å². The summed E-state index contributed by atoms with van der Waals surface area (Å²) < 4.78 is 11.6. The van der Waals surface area contributed by atoms with Crippen LogP contribution in [-0.2, 0) is 17.7 Å². The first-order chi connectivity index (χ1) is 16.0. The molecule has 1 saturated heterocycles. The number of phenols is 1. The second-order valence-corrected chi connectivity index (χ2v) is 9.24. The van der Waals surface area contributed by atoms with Crippen LogP contribution >= 0.6 is 0 Å². The van der Waals surface area contributed by atoms with Crippen LogP contribution in [0, 0.1) is 12.8 Å². The Morgan fingerprint density at radius 1 is 1.09 bits per heavy atom. The van der Waals surface area contributed by atoms with Gasteiger partial charge in [-0.15, -0.1) is 0 Å². The molecule has 0 amide bonds. The number of ether oxygens (including phenoxy) is 1. The number of aryl methyl sites for hydroxylation is 1. The Morgan fingerprint density at radius 2 is 1.94 bits per heavy atom. The van der Waals surface area contributed by atoms with Gasteiger partial charge in [0, 0.05) is 32.7 Å². The van der Waals surface area contributed by atoms with Crippen LogP contribution in [0.2, 0.25) is 0 Å². The fourth-order valence-electron chi connectivity index (χ4n) is 4.65. The lowest BCUT2D eigenvalue weighted by Gasteiger charge is -2.27. The van der Waals surface area contributed by atoms with E-state index in [1.165, 1.54) is 5.56 Å². The normalized spacial score (nSPS) is 15.0. The maximum atomic E-state index is 9.78. The first-order valence-corrected chi connectivity index (χ1v) is 11.7. The van der Waals surface area contributed by atoms with Gasteiger partial charge in [-0.1, -0.05) is 12.1 Å². The predicted octanol–water partition coefficient (Wildman–Crippen LogP) is 5.29. The van der Waals surface area contributed by atoms with Crippen molar-refractivity contribution in [2.75, 3.05) is 26.8 Å². The Bertz CT molecular complexity index is 1240. The van der Waals surface area contributed by atoms with Crippen LogP contribution in [0.5, 0.6) is 5.75 Å². The van der Waals surface area contributed by atoms with Gasteiger partial charge in [0.05, 0.1) is 11.0 Å². The third-order valence-electron chi connectivity index (χ3n) is 6.50. The zero-order valence-corrected chi connectivity index (χ0v) is 19.3. The Kier molecular flexibility index (Phi) is 6.20. The van der Waals surface area contributed by atoms with Gasteiger partial charge in [0.25, 0.3) is 0 Å². The van der Waals surface area contributed by atoms with Crippen molar-refractivity contribution in [2.24, 2.45) is 5.92 Å².